The first kappa shape index (κ1) is 27.1. The number of non-ortho nitro benzene ring substituents is 1. The van der Waals surface area contributed by atoms with E-state index in [-0.39, 0.29) is 5.69 Å². The Morgan fingerprint density at radius 3 is 2.40 bits per heavy atom. The normalized spacial score (nSPS) is 11.1. The largest absolute Gasteiger partial charge is 0.489 e. The number of nitro benzene ring substituents is 1. The van der Waals surface area contributed by atoms with E-state index in [2.05, 4.69) is 42.6 Å². The summed E-state index contributed by atoms with van der Waals surface area (Å²) >= 11 is 7.38. The monoisotopic (exact) mass is 568 g/mol. The van der Waals surface area contributed by atoms with Crippen LogP contribution in [0.1, 0.15) is 22.3 Å². The topological polar surface area (TPSA) is 89.7 Å². The Morgan fingerprint density at radius 2 is 1.73 bits per heavy atom. The molecular formula is C31H25ClN4O3S. The number of ether oxygens (including phenoxy) is 1. The summed E-state index contributed by atoms with van der Waals surface area (Å²) in [6.07, 6.45) is 1.72. The van der Waals surface area contributed by atoms with Gasteiger partial charge in [-0.3, -0.25) is 15.5 Å². The van der Waals surface area contributed by atoms with Crippen molar-refractivity contribution in [3.63, 3.8) is 0 Å². The minimum Gasteiger partial charge on any atom is -0.489 e. The number of hydrogen-bond acceptors (Lipinski definition) is 7. The summed E-state index contributed by atoms with van der Waals surface area (Å²) in [7, 11) is 0. The van der Waals surface area contributed by atoms with Gasteiger partial charge in [0.2, 0.25) is 5.13 Å². The van der Waals surface area contributed by atoms with Crippen LogP contribution in [0.2, 0.25) is 5.02 Å². The van der Waals surface area contributed by atoms with E-state index in [1.807, 2.05) is 48.5 Å². The molecule has 1 heterocycles. The molecule has 200 valence electrons. The van der Waals surface area contributed by atoms with Crippen molar-refractivity contribution in [3.8, 4) is 27.4 Å². The van der Waals surface area contributed by atoms with Gasteiger partial charge in [0, 0.05) is 22.7 Å². The van der Waals surface area contributed by atoms with Gasteiger partial charge in [-0.05, 0) is 84.6 Å². The van der Waals surface area contributed by atoms with Crippen molar-refractivity contribution in [1.82, 2.24) is 4.98 Å². The first-order valence-corrected chi connectivity index (χ1v) is 13.6. The van der Waals surface area contributed by atoms with Gasteiger partial charge in [0.05, 0.1) is 21.7 Å². The van der Waals surface area contributed by atoms with Crippen LogP contribution >= 0.6 is 22.9 Å². The van der Waals surface area contributed by atoms with Crippen molar-refractivity contribution < 1.29 is 9.66 Å². The maximum atomic E-state index is 11.1. The van der Waals surface area contributed by atoms with E-state index < -0.39 is 4.92 Å². The molecule has 40 heavy (non-hydrogen) atoms. The number of nitrogens with one attached hydrogen (secondary N) is 1. The fourth-order valence-corrected chi connectivity index (χ4v) is 5.18. The Balaban J connectivity index is 1.32. The van der Waals surface area contributed by atoms with Gasteiger partial charge in [-0.1, -0.05) is 58.8 Å². The molecule has 0 amide bonds. The van der Waals surface area contributed by atoms with E-state index in [0.717, 1.165) is 49.7 Å². The summed E-state index contributed by atoms with van der Waals surface area (Å²) in [6.45, 7) is 4.56. The number of hydrazone groups is 1. The number of rotatable bonds is 9. The highest BCUT2D eigenvalue weighted by Crippen LogP contribution is 2.40. The average Bonchev–Trinajstić information content (AvgIpc) is 3.37. The van der Waals surface area contributed by atoms with Gasteiger partial charge in [-0.2, -0.15) is 5.10 Å². The quantitative estimate of drug-likeness (QED) is 0.109. The van der Waals surface area contributed by atoms with Gasteiger partial charge in [-0.15, -0.1) is 0 Å². The molecule has 0 aliphatic carbocycles. The molecule has 9 heteroatoms. The molecule has 0 saturated carbocycles. The van der Waals surface area contributed by atoms with E-state index in [0.29, 0.717) is 16.8 Å². The highest BCUT2D eigenvalue weighted by Gasteiger charge is 2.17. The van der Waals surface area contributed by atoms with Crippen molar-refractivity contribution in [2.24, 2.45) is 5.10 Å². The second-order valence-electron chi connectivity index (χ2n) is 9.17. The van der Waals surface area contributed by atoms with E-state index in [1.165, 1.54) is 23.5 Å². The summed E-state index contributed by atoms with van der Waals surface area (Å²) < 4.78 is 5.85. The predicted molar refractivity (Wildman–Crippen MR) is 163 cm³/mol. The van der Waals surface area contributed by atoms with E-state index >= 15 is 0 Å². The van der Waals surface area contributed by atoms with Crippen molar-refractivity contribution in [2.45, 2.75) is 20.5 Å². The number of thiazole rings is 1. The fraction of sp³-hybridized carbons (Fsp3) is 0.0968. The molecule has 0 spiro atoms. The number of benzene rings is 4. The predicted octanol–water partition coefficient (Wildman–Crippen LogP) is 8.68. The number of halogens is 1. The maximum absolute atomic E-state index is 11.1. The van der Waals surface area contributed by atoms with Crippen molar-refractivity contribution in [3.05, 3.63) is 128 Å². The fourth-order valence-electron chi connectivity index (χ4n) is 4.12. The van der Waals surface area contributed by atoms with E-state index in [9.17, 15) is 10.1 Å². The zero-order valence-electron chi connectivity index (χ0n) is 21.8. The molecule has 0 aliphatic rings. The van der Waals surface area contributed by atoms with Gasteiger partial charge >= 0.3 is 0 Å². The smallest absolute Gasteiger partial charge is 0.269 e. The number of hydrogen-bond donors (Lipinski definition) is 1. The summed E-state index contributed by atoms with van der Waals surface area (Å²) in [4.78, 5) is 16.5. The number of nitrogens with zero attached hydrogens (tertiary/aromatic N) is 3. The van der Waals surface area contributed by atoms with Gasteiger partial charge in [0.1, 0.15) is 12.4 Å². The summed E-state index contributed by atoms with van der Waals surface area (Å²) in [5, 5.41) is 16.8. The van der Waals surface area contributed by atoms with Crippen LogP contribution in [0.5, 0.6) is 5.75 Å². The molecule has 1 aromatic heterocycles. The standard InChI is InChI=1S/C31H25ClN4O3S/c1-20-3-16-28(21(2)17-20)29-30(24-8-12-26(13-9-24)36(37)38)40-31(34-29)35-33-18-22-6-14-27(15-7-22)39-19-23-4-10-25(32)11-5-23/h3-18H,19H2,1-2H3,(H,34,35)/b33-18-. The second kappa shape index (κ2) is 12.1. The van der Waals surface area contributed by atoms with Crippen LogP contribution in [0.3, 0.4) is 0 Å². The van der Waals surface area contributed by atoms with Crippen LogP contribution in [-0.2, 0) is 6.61 Å². The molecule has 0 saturated heterocycles. The highest BCUT2D eigenvalue weighted by molar-refractivity contribution is 7.19. The molecule has 0 unspecified atom stereocenters. The molecule has 0 fully saturated rings. The Kier molecular flexibility index (Phi) is 8.19. The summed E-state index contributed by atoms with van der Waals surface area (Å²) in [6, 6.07) is 27.9. The molecule has 1 N–H and O–H groups in total. The Bertz CT molecular complexity index is 1670. The lowest BCUT2D eigenvalue weighted by atomic mass is 10.0. The lowest BCUT2D eigenvalue weighted by Crippen LogP contribution is -1.95. The lowest BCUT2D eigenvalue weighted by molar-refractivity contribution is -0.384. The van der Waals surface area contributed by atoms with Gasteiger partial charge < -0.3 is 4.74 Å². The molecule has 4 aromatic carbocycles. The molecule has 5 rings (SSSR count). The third kappa shape index (κ3) is 6.54. The third-order valence-corrected chi connectivity index (χ3v) is 7.44. The molecule has 0 radical (unpaired) electrons. The average molecular weight is 569 g/mol. The molecule has 0 bridgehead atoms. The van der Waals surface area contributed by atoms with Gasteiger partial charge in [0.25, 0.3) is 5.69 Å². The Labute approximate surface area is 240 Å². The SMILES string of the molecule is Cc1ccc(-c2nc(N/N=C\c3ccc(OCc4ccc(Cl)cc4)cc3)sc2-c2ccc([N+](=O)[O-])cc2)c(C)c1. The van der Waals surface area contributed by atoms with Crippen LogP contribution in [-0.4, -0.2) is 16.1 Å². The third-order valence-electron chi connectivity index (χ3n) is 6.18. The molecular weight excluding hydrogens is 544 g/mol. The first-order valence-electron chi connectivity index (χ1n) is 12.5. The number of aryl methyl sites for hydroxylation is 2. The van der Waals surface area contributed by atoms with Gasteiger partial charge in [0.15, 0.2) is 0 Å². The lowest BCUT2D eigenvalue weighted by Gasteiger charge is -2.07. The number of nitro groups is 1. The molecule has 0 atom stereocenters. The van der Waals surface area contributed by atoms with Crippen LogP contribution in [0, 0.1) is 24.0 Å². The second-order valence-corrected chi connectivity index (χ2v) is 10.6. The zero-order chi connectivity index (χ0) is 28.1. The molecule has 7 nitrogen and oxygen atoms in total. The molecule has 5 aromatic rings. The maximum Gasteiger partial charge on any atom is 0.269 e. The van der Waals surface area contributed by atoms with Crippen molar-refractivity contribution in [2.75, 3.05) is 5.43 Å². The van der Waals surface area contributed by atoms with Gasteiger partial charge in [-0.25, -0.2) is 4.98 Å². The van der Waals surface area contributed by atoms with Crippen LogP contribution in [0.4, 0.5) is 10.8 Å². The van der Waals surface area contributed by atoms with Crippen LogP contribution in [0.25, 0.3) is 21.7 Å². The highest BCUT2D eigenvalue weighted by atomic mass is 35.5. The minimum atomic E-state index is -0.401. The Morgan fingerprint density at radius 1 is 1.00 bits per heavy atom. The Hall–Kier alpha value is -4.53. The number of aromatic nitrogens is 1. The van der Waals surface area contributed by atoms with Crippen molar-refractivity contribution >= 4 is 40.0 Å². The zero-order valence-corrected chi connectivity index (χ0v) is 23.4. The number of anilines is 1. The van der Waals surface area contributed by atoms with E-state index in [4.69, 9.17) is 21.3 Å². The van der Waals surface area contributed by atoms with Crippen LogP contribution < -0.4 is 10.2 Å². The minimum absolute atomic E-state index is 0.0469. The summed E-state index contributed by atoms with van der Waals surface area (Å²) in [5.74, 6) is 0.755. The van der Waals surface area contributed by atoms with E-state index in [1.54, 1.807) is 18.3 Å². The first-order chi connectivity index (χ1) is 19.4. The van der Waals surface area contributed by atoms with Crippen molar-refractivity contribution in [1.29, 1.82) is 0 Å². The van der Waals surface area contributed by atoms with Crippen LogP contribution in [0.15, 0.2) is 96.1 Å². The summed E-state index contributed by atoms with van der Waals surface area (Å²) in [5.41, 5.74) is 9.95. The molecule has 0 aliphatic heterocycles.